The van der Waals surface area contributed by atoms with E-state index < -0.39 is 10.8 Å². The van der Waals surface area contributed by atoms with Crippen molar-refractivity contribution in [2.24, 2.45) is 0 Å². The molecule has 1 amide bonds. The molecule has 0 bridgehead atoms. The Labute approximate surface area is 157 Å². The van der Waals surface area contributed by atoms with Crippen molar-refractivity contribution in [3.8, 4) is 6.07 Å². The zero-order chi connectivity index (χ0) is 20.1. The number of amides is 1. The molecule has 0 atom stereocenters. The third-order valence-corrected chi connectivity index (χ3v) is 4.13. The Hall–Kier alpha value is -3.66. The number of rotatable bonds is 5. The van der Waals surface area contributed by atoms with Gasteiger partial charge < -0.3 is 10.2 Å². The topological polar surface area (TPSA) is 99.3 Å². The summed E-state index contributed by atoms with van der Waals surface area (Å²) in [5, 5.41) is 23.2. The molecule has 0 aromatic heterocycles. The molecular weight excluding hydrogens is 344 g/mol. The SMILES string of the molecule is Cc1ccc(NC(=O)/C(C#N)=C/c2cc([N+](=O)[O-])ccc2N(C)C)cc1C. The smallest absolute Gasteiger partial charge is 0.270 e. The number of nitrogens with zero attached hydrogens (tertiary/aromatic N) is 3. The van der Waals surface area contributed by atoms with Gasteiger partial charge in [-0.15, -0.1) is 0 Å². The summed E-state index contributed by atoms with van der Waals surface area (Å²) in [7, 11) is 3.55. The molecule has 0 saturated carbocycles. The first-order chi connectivity index (χ1) is 12.7. The Morgan fingerprint density at radius 3 is 2.44 bits per heavy atom. The maximum absolute atomic E-state index is 12.5. The van der Waals surface area contributed by atoms with Gasteiger partial charge in [0.2, 0.25) is 0 Å². The van der Waals surface area contributed by atoms with E-state index in [0.717, 1.165) is 11.1 Å². The van der Waals surface area contributed by atoms with Crippen LogP contribution in [0.25, 0.3) is 6.08 Å². The molecule has 0 aliphatic carbocycles. The van der Waals surface area contributed by atoms with E-state index in [4.69, 9.17) is 0 Å². The third kappa shape index (κ3) is 4.70. The van der Waals surface area contributed by atoms with Gasteiger partial charge in [-0.2, -0.15) is 5.26 Å². The van der Waals surface area contributed by atoms with Crippen LogP contribution in [0.3, 0.4) is 0 Å². The van der Waals surface area contributed by atoms with Gasteiger partial charge >= 0.3 is 0 Å². The second-order valence-corrected chi connectivity index (χ2v) is 6.32. The van der Waals surface area contributed by atoms with Crippen LogP contribution in [-0.4, -0.2) is 24.9 Å². The fourth-order valence-corrected chi connectivity index (χ4v) is 2.50. The van der Waals surface area contributed by atoms with Crippen molar-refractivity contribution in [3.63, 3.8) is 0 Å². The van der Waals surface area contributed by atoms with Crippen LogP contribution in [0, 0.1) is 35.3 Å². The summed E-state index contributed by atoms with van der Waals surface area (Å²) >= 11 is 0. The maximum Gasteiger partial charge on any atom is 0.270 e. The van der Waals surface area contributed by atoms with Crippen LogP contribution in [0.4, 0.5) is 17.1 Å². The van der Waals surface area contributed by atoms with Crippen LogP contribution in [0.5, 0.6) is 0 Å². The second-order valence-electron chi connectivity index (χ2n) is 6.32. The normalized spacial score (nSPS) is 10.9. The van der Waals surface area contributed by atoms with Crippen molar-refractivity contribution in [2.45, 2.75) is 13.8 Å². The molecule has 1 N–H and O–H groups in total. The zero-order valence-electron chi connectivity index (χ0n) is 15.6. The molecule has 2 rings (SSSR count). The summed E-state index contributed by atoms with van der Waals surface area (Å²) < 4.78 is 0. The van der Waals surface area contributed by atoms with Crippen molar-refractivity contribution in [1.82, 2.24) is 0 Å². The number of benzene rings is 2. The Balaban J connectivity index is 2.40. The summed E-state index contributed by atoms with van der Waals surface area (Å²) in [5.41, 5.74) is 3.51. The molecule has 0 saturated heterocycles. The van der Waals surface area contributed by atoms with Crippen molar-refractivity contribution in [1.29, 1.82) is 5.26 Å². The quantitative estimate of drug-likeness (QED) is 0.376. The van der Waals surface area contributed by atoms with Crippen LogP contribution in [0.1, 0.15) is 16.7 Å². The minimum Gasteiger partial charge on any atom is -0.377 e. The number of non-ortho nitro benzene ring substituents is 1. The van der Waals surface area contributed by atoms with E-state index in [1.807, 2.05) is 32.0 Å². The minimum atomic E-state index is -0.572. The van der Waals surface area contributed by atoms with E-state index in [1.165, 1.54) is 18.2 Å². The van der Waals surface area contributed by atoms with E-state index in [0.29, 0.717) is 16.9 Å². The highest BCUT2D eigenvalue weighted by atomic mass is 16.6. The molecule has 0 fully saturated rings. The summed E-state index contributed by atoms with van der Waals surface area (Å²) in [5.74, 6) is -0.572. The van der Waals surface area contributed by atoms with Gasteiger partial charge in [0.25, 0.3) is 11.6 Å². The van der Waals surface area contributed by atoms with Crippen molar-refractivity contribution in [3.05, 3.63) is 68.8 Å². The summed E-state index contributed by atoms with van der Waals surface area (Å²) in [6.45, 7) is 3.89. The molecule has 2 aromatic rings. The van der Waals surface area contributed by atoms with Crippen LogP contribution >= 0.6 is 0 Å². The number of hydrogen-bond donors (Lipinski definition) is 1. The number of carbonyl (C=O) groups excluding carboxylic acids is 1. The lowest BCUT2D eigenvalue weighted by Gasteiger charge is -2.15. The molecule has 7 nitrogen and oxygen atoms in total. The molecule has 0 aliphatic heterocycles. The number of nitro groups is 1. The fraction of sp³-hybridized carbons (Fsp3) is 0.200. The molecule has 0 spiro atoms. The summed E-state index contributed by atoms with van der Waals surface area (Å²) in [6, 6.07) is 11.6. The molecule has 138 valence electrons. The second kappa shape index (κ2) is 8.15. The first kappa shape index (κ1) is 19.7. The number of carbonyl (C=O) groups is 1. The third-order valence-electron chi connectivity index (χ3n) is 4.13. The number of anilines is 2. The number of nitriles is 1. The number of aryl methyl sites for hydroxylation is 2. The zero-order valence-corrected chi connectivity index (χ0v) is 15.6. The van der Waals surface area contributed by atoms with Crippen LogP contribution < -0.4 is 10.2 Å². The van der Waals surface area contributed by atoms with Gasteiger partial charge in [0.05, 0.1) is 4.92 Å². The van der Waals surface area contributed by atoms with Gasteiger partial charge in [0.15, 0.2) is 0 Å². The van der Waals surface area contributed by atoms with Crippen molar-refractivity contribution >= 4 is 29.0 Å². The van der Waals surface area contributed by atoms with Gasteiger partial charge in [0.1, 0.15) is 11.6 Å². The number of nitro benzene ring substituents is 1. The van der Waals surface area contributed by atoms with Crippen molar-refractivity contribution in [2.75, 3.05) is 24.3 Å². The Kier molecular flexibility index (Phi) is 5.93. The lowest BCUT2D eigenvalue weighted by Crippen LogP contribution is -2.14. The van der Waals surface area contributed by atoms with E-state index >= 15 is 0 Å². The first-order valence-corrected chi connectivity index (χ1v) is 8.19. The Bertz CT molecular complexity index is 972. The van der Waals surface area contributed by atoms with Gasteiger partial charge in [-0.1, -0.05) is 6.07 Å². The van der Waals surface area contributed by atoms with Crippen LogP contribution in [0.15, 0.2) is 42.0 Å². The number of hydrogen-bond acceptors (Lipinski definition) is 5. The monoisotopic (exact) mass is 364 g/mol. The lowest BCUT2D eigenvalue weighted by molar-refractivity contribution is -0.384. The highest BCUT2D eigenvalue weighted by Crippen LogP contribution is 2.26. The highest BCUT2D eigenvalue weighted by molar-refractivity contribution is 6.10. The predicted octanol–water partition coefficient (Wildman–Crippen LogP) is 3.82. The van der Waals surface area contributed by atoms with Crippen molar-refractivity contribution < 1.29 is 9.72 Å². The van der Waals surface area contributed by atoms with E-state index in [2.05, 4.69) is 5.32 Å². The van der Waals surface area contributed by atoms with Gasteiger partial charge in [-0.3, -0.25) is 14.9 Å². The molecule has 2 aromatic carbocycles. The summed E-state index contributed by atoms with van der Waals surface area (Å²) in [6.07, 6.45) is 1.36. The highest BCUT2D eigenvalue weighted by Gasteiger charge is 2.15. The average Bonchev–Trinajstić information content (AvgIpc) is 2.62. The average molecular weight is 364 g/mol. The van der Waals surface area contributed by atoms with E-state index in [1.54, 1.807) is 31.1 Å². The minimum absolute atomic E-state index is 0.112. The molecular formula is C20H20N4O3. The van der Waals surface area contributed by atoms with Crippen LogP contribution in [0.2, 0.25) is 0 Å². The molecule has 0 aliphatic rings. The number of nitrogens with one attached hydrogen (secondary N) is 1. The summed E-state index contributed by atoms with van der Waals surface area (Å²) in [4.78, 5) is 24.8. The lowest BCUT2D eigenvalue weighted by atomic mass is 10.1. The van der Waals surface area contributed by atoms with Gasteiger partial charge in [-0.25, -0.2) is 0 Å². The Morgan fingerprint density at radius 2 is 1.89 bits per heavy atom. The predicted molar refractivity (Wildman–Crippen MR) is 106 cm³/mol. The molecule has 0 unspecified atom stereocenters. The standard InChI is InChI=1S/C20H20N4O3/c1-13-5-6-17(9-14(13)2)22-20(25)16(12-21)10-15-11-18(24(26)27)7-8-19(15)23(3)4/h5-11H,1-4H3,(H,22,25)/b16-10+. The Morgan fingerprint density at radius 1 is 1.19 bits per heavy atom. The largest absolute Gasteiger partial charge is 0.377 e. The molecule has 0 radical (unpaired) electrons. The molecule has 27 heavy (non-hydrogen) atoms. The molecule has 7 heteroatoms. The maximum atomic E-state index is 12.5. The van der Waals surface area contributed by atoms with E-state index in [9.17, 15) is 20.2 Å². The van der Waals surface area contributed by atoms with Gasteiger partial charge in [0, 0.05) is 43.2 Å². The van der Waals surface area contributed by atoms with E-state index in [-0.39, 0.29) is 11.3 Å². The first-order valence-electron chi connectivity index (χ1n) is 8.19. The van der Waals surface area contributed by atoms with Crippen LogP contribution in [-0.2, 0) is 4.79 Å². The molecule has 0 heterocycles. The fourth-order valence-electron chi connectivity index (χ4n) is 2.50. The van der Waals surface area contributed by atoms with Gasteiger partial charge in [-0.05, 0) is 49.2 Å².